The van der Waals surface area contributed by atoms with Gasteiger partial charge in [-0.3, -0.25) is 4.79 Å². The van der Waals surface area contributed by atoms with Crippen molar-refractivity contribution >= 4 is 15.9 Å². The SMILES string of the molecule is COc1ccc(C(C)NC(=O)/C(C#N)=C\N2CCN(S(=O)(=O)c3ccc(C)cc3)CC2)cc1OC. The molecule has 0 radical (unpaired) electrons. The van der Waals surface area contributed by atoms with Crippen molar-refractivity contribution in [3.05, 3.63) is 65.4 Å². The van der Waals surface area contributed by atoms with Crippen LogP contribution in [0.25, 0.3) is 0 Å². The highest BCUT2D eigenvalue weighted by Gasteiger charge is 2.28. The Labute approximate surface area is 206 Å². The van der Waals surface area contributed by atoms with Crippen LogP contribution >= 0.6 is 0 Å². The summed E-state index contributed by atoms with van der Waals surface area (Å²) in [7, 11) is -0.506. The number of piperazine rings is 1. The third kappa shape index (κ3) is 6.12. The zero-order valence-electron chi connectivity index (χ0n) is 20.3. The molecule has 1 aliphatic heterocycles. The van der Waals surface area contributed by atoms with Crippen LogP contribution in [0.4, 0.5) is 0 Å². The molecule has 1 heterocycles. The summed E-state index contributed by atoms with van der Waals surface area (Å²) in [6, 6.07) is 13.7. The van der Waals surface area contributed by atoms with E-state index in [4.69, 9.17) is 9.47 Å². The van der Waals surface area contributed by atoms with Crippen LogP contribution in [0, 0.1) is 18.3 Å². The van der Waals surface area contributed by atoms with E-state index in [-0.39, 0.29) is 29.6 Å². The highest BCUT2D eigenvalue weighted by molar-refractivity contribution is 7.89. The van der Waals surface area contributed by atoms with E-state index in [9.17, 15) is 18.5 Å². The first-order chi connectivity index (χ1) is 16.7. The maximum Gasteiger partial charge on any atom is 0.263 e. The van der Waals surface area contributed by atoms with Gasteiger partial charge in [0.25, 0.3) is 5.91 Å². The molecule has 0 aliphatic carbocycles. The molecule has 10 heteroatoms. The van der Waals surface area contributed by atoms with Crippen LogP contribution in [0.5, 0.6) is 11.5 Å². The number of rotatable bonds is 8. The Morgan fingerprint density at radius 2 is 1.69 bits per heavy atom. The molecule has 0 spiro atoms. The summed E-state index contributed by atoms with van der Waals surface area (Å²) in [4.78, 5) is 14.8. The normalized spacial score (nSPS) is 15.7. The molecule has 0 aromatic heterocycles. The molecular formula is C25H30N4O5S. The Morgan fingerprint density at radius 3 is 2.26 bits per heavy atom. The summed E-state index contributed by atoms with van der Waals surface area (Å²) in [5.74, 6) is 0.612. The average Bonchev–Trinajstić information content (AvgIpc) is 2.87. The second kappa shape index (κ2) is 11.3. The van der Waals surface area contributed by atoms with Gasteiger partial charge in [-0.15, -0.1) is 0 Å². The van der Waals surface area contributed by atoms with Gasteiger partial charge in [-0.05, 0) is 43.7 Å². The Balaban J connectivity index is 1.63. The molecule has 2 aromatic rings. The van der Waals surface area contributed by atoms with Gasteiger partial charge in [0.1, 0.15) is 11.6 Å². The fourth-order valence-electron chi connectivity index (χ4n) is 3.73. The number of amides is 1. The molecular weight excluding hydrogens is 468 g/mol. The maximum atomic E-state index is 12.9. The molecule has 0 saturated carbocycles. The first-order valence-electron chi connectivity index (χ1n) is 11.1. The monoisotopic (exact) mass is 498 g/mol. The molecule has 1 unspecified atom stereocenters. The number of nitrogens with one attached hydrogen (secondary N) is 1. The van der Waals surface area contributed by atoms with Crippen LogP contribution in [-0.4, -0.2) is 63.9 Å². The second-order valence-electron chi connectivity index (χ2n) is 8.22. The Bertz CT molecular complexity index is 1230. The van der Waals surface area contributed by atoms with E-state index in [1.807, 2.05) is 26.0 Å². The van der Waals surface area contributed by atoms with Crippen LogP contribution in [0.2, 0.25) is 0 Å². The number of hydrogen-bond donors (Lipinski definition) is 1. The van der Waals surface area contributed by atoms with Crippen molar-refractivity contribution in [3.8, 4) is 17.6 Å². The van der Waals surface area contributed by atoms with E-state index in [1.54, 1.807) is 48.4 Å². The highest BCUT2D eigenvalue weighted by atomic mass is 32.2. The van der Waals surface area contributed by atoms with Crippen molar-refractivity contribution in [2.75, 3.05) is 40.4 Å². The number of carbonyl (C=O) groups excluding carboxylic acids is 1. The number of nitrogens with zero attached hydrogens (tertiary/aromatic N) is 3. The molecule has 1 saturated heterocycles. The lowest BCUT2D eigenvalue weighted by atomic mass is 10.1. The predicted molar refractivity (Wildman–Crippen MR) is 131 cm³/mol. The van der Waals surface area contributed by atoms with Crippen molar-refractivity contribution in [1.29, 1.82) is 5.26 Å². The number of benzene rings is 2. The summed E-state index contributed by atoms with van der Waals surface area (Å²) in [6.07, 6.45) is 1.49. The fraction of sp³-hybridized carbons (Fsp3) is 0.360. The molecule has 3 rings (SSSR count). The quantitative estimate of drug-likeness (QED) is 0.440. The molecule has 35 heavy (non-hydrogen) atoms. The molecule has 1 fully saturated rings. The largest absolute Gasteiger partial charge is 0.493 e. The topological polar surface area (TPSA) is 112 Å². The lowest BCUT2D eigenvalue weighted by Gasteiger charge is -2.33. The molecule has 0 bridgehead atoms. The van der Waals surface area contributed by atoms with Crippen LogP contribution < -0.4 is 14.8 Å². The fourth-order valence-corrected chi connectivity index (χ4v) is 5.16. The van der Waals surface area contributed by atoms with E-state index >= 15 is 0 Å². The van der Waals surface area contributed by atoms with Gasteiger partial charge in [0.05, 0.1) is 25.2 Å². The number of sulfonamides is 1. The molecule has 1 atom stereocenters. The average molecular weight is 499 g/mol. The van der Waals surface area contributed by atoms with Crippen molar-refractivity contribution in [3.63, 3.8) is 0 Å². The lowest BCUT2D eigenvalue weighted by molar-refractivity contribution is -0.117. The molecule has 1 aliphatic rings. The molecule has 1 amide bonds. The van der Waals surface area contributed by atoms with Crippen LogP contribution in [0.1, 0.15) is 24.1 Å². The Hall–Kier alpha value is -3.55. The molecule has 186 valence electrons. The zero-order chi connectivity index (χ0) is 25.6. The van der Waals surface area contributed by atoms with E-state index < -0.39 is 15.9 Å². The number of ether oxygens (including phenoxy) is 2. The van der Waals surface area contributed by atoms with Gasteiger partial charge in [0.2, 0.25) is 10.0 Å². The van der Waals surface area contributed by atoms with E-state index in [1.165, 1.54) is 17.6 Å². The third-order valence-corrected chi connectivity index (χ3v) is 7.78. The van der Waals surface area contributed by atoms with Crippen molar-refractivity contribution in [2.24, 2.45) is 0 Å². The minimum atomic E-state index is -3.59. The molecule has 9 nitrogen and oxygen atoms in total. The zero-order valence-corrected chi connectivity index (χ0v) is 21.1. The van der Waals surface area contributed by atoms with E-state index in [2.05, 4.69) is 5.32 Å². The second-order valence-corrected chi connectivity index (χ2v) is 10.2. The van der Waals surface area contributed by atoms with Crippen molar-refractivity contribution in [2.45, 2.75) is 24.8 Å². The van der Waals surface area contributed by atoms with Gasteiger partial charge < -0.3 is 19.7 Å². The molecule has 2 aromatic carbocycles. The Kier molecular flexibility index (Phi) is 8.38. The summed E-state index contributed by atoms with van der Waals surface area (Å²) >= 11 is 0. The van der Waals surface area contributed by atoms with E-state index in [0.717, 1.165) is 11.1 Å². The number of methoxy groups -OCH3 is 2. The van der Waals surface area contributed by atoms with Gasteiger partial charge in [0, 0.05) is 32.4 Å². The lowest BCUT2D eigenvalue weighted by Crippen LogP contribution is -2.47. The minimum Gasteiger partial charge on any atom is -0.493 e. The summed E-state index contributed by atoms with van der Waals surface area (Å²) in [6.45, 7) is 4.97. The Morgan fingerprint density at radius 1 is 1.06 bits per heavy atom. The highest BCUT2D eigenvalue weighted by Crippen LogP contribution is 2.30. The first kappa shape index (κ1) is 26.1. The van der Waals surface area contributed by atoms with Crippen LogP contribution in [-0.2, 0) is 14.8 Å². The van der Waals surface area contributed by atoms with E-state index in [0.29, 0.717) is 24.6 Å². The minimum absolute atomic E-state index is 0.0489. The van der Waals surface area contributed by atoms with Gasteiger partial charge in [-0.1, -0.05) is 23.8 Å². The maximum absolute atomic E-state index is 12.9. The molecule has 1 N–H and O–H groups in total. The van der Waals surface area contributed by atoms with Crippen molar-refractivity contribution in [1.82, 2.24) is 14.5 Å². The van der Waals surface area contributed by atoms with Crippen LogP contribution in [0.3, 0.4) is 0 Å². The van der Waals surface area contributed by atoms with Gasteiger partial charge >= 0.3 is 0 Å². The van der Waals surface area contributed by atoms with Crippen LogP contribution in [0.15, 0.2) is 59.1 Å². The number of carbonyl (C=O) groups is 1. The third-order valence-electron chi connectivity index (χ3n) is 5.86. The van der Waals surface area contributed by atoms with Gasteiger partial charge in [-0.25, -0.2) is 8.42 Å². The predicted octanol–water partition coefficient (Wildman–Crippen LogP) is 2.60. The standard InChI is InChI=1S/C25H30N4O5S/c1-18-5-8-22(9-6-18)35(31,32)29-13-11-28(12-14-29)17-21(16-26)25(30)27-19(2)20-7-10-23(33-3)24(15-20)34-4/h5-10,15,17,19H,11-14H2,1-4H3,(H,27,30)/b21-17-. The number of aryl methyl sites for hydroxylation is 1. The number of nitriles is 1. The summed E-state index contributed by atoms with van der Waals surface area (Å²) < 4.78 is 37.8. The number of hydrogen-bond acceptors (Lipinski definition) is 7. The van der Waals surface area contributed by atoms with Crippen molar-refractivity contribution < 1.29 is 22.7 Å². The summed E-state index contributed by atoms with van der Waals surface area (Å²) in [5, 5.41) is 12.4. The summed E-state index contributed by atoms with van der Waals surface area (Å²) in [5.41, 5.74) is 1.73. The van der Waals surface area contributed by atoms with Gasteiger partial charge in [-0.2, -0.15) is 9.57 Å². The first-order valence-corrected chi connectivity index (χ1v) is 12.6. The van der Waals surface area contributed by atoms with Gasteiger partial charge in [0.15, 0.2) is 11.5 Å². The smallest absolute Gasteiger partial charge is 0.263 e.